The van der Waals surface area contributed by atoms with E-state index in [4.69, 9.17) is 18.9 Å². The first-order chi connectivity index (χ1) is 21.8. The van der Waals surface area contributed by atoms with Crippen molar-refractivity contribution in [3.05, 3.63) is 0 Å². The van der Waals surface area contributed by atoms with Gasteiger partial charge in [-0.1, -0.05) is 21.3 Å². The van der Waals surface area contributed by atoms with Gasteiger partial charge in [0.05, 0.1) is 29.5 Å². The molecule has 6 atom stereocenters. The van der Waals surface area contributed by atoms with Gasteiger partial charge < -0.3 is 24.1 Å². The smallest absolute Gasteiger partial charge is 0.347 e. The molecule has 0 spiro atoms. The molecule has 1 aliphatic heterocycles. The van der Waals surface area contributed by atoms with Gasteiger partial charge in [0, 0.05) is 6.42 Å². The number of ether oxygens (including phenoxy) is 4. The lowest BCUT2D eigenvalue weighted by molar-refractivity contribution is -0.213. The van der Waals surface area contributed by atoms with Crippen LogP contribution in [0.1, 0.15) is 125 Å². The van der Waals surface area contributed by atoms with E-state index < -0.39 is 46.5 Å². The Morgan fingerprint density at radius 1 is 0.936 bits per heavy atom. The highest BCUT2D eigenvalue weighted by molar-refractivity contribution is 5.83. The summed E-state index contributed by atoms with van der Waals surface area (Å²) in [5.41, 5.74) is -2.08. The third-order valence-electron chi connectivity index (χ3n) is 14.0. The molecule has 0 aromatic carbocycles. The molecule has 6 unspecified atom stereocenters. The Balaban J connectivity index is 0.00000386. The maximum absolute atomic E-state index is 14.1. The van der Waals surface area contributed by atoms with Crippen LogP contribution in [-0.2, 0) is 38.1 Å². The van der Waals surface area contributed by atoms with E-state index in [1.807, 2.05) is 13.8 Å². The van der Waals surface area contributed by atoms with Crippen LogP contribution in [0, 0.1) is 58.7 Å². The van der Waals surface area contributed by atoms with Crippen molar-refractivity contribution in [2.24, 2.45) is 58.7 Å². The first kappa shape index (κ1) is 34.7. The molecule has 8 saturated carbocycles. The summed E-state index contributed by atoms with van der Waals surface area (Å²) in [4.78, 5) is 53.6. The maximum Gasteiger partial charge on any atom is 0.347 e. The largest absolute Gasteiger partial charge is 0.463 e. The molecule has 9 nitrogen and oxygen atoms in total. The van der Waals surface area contributed by atoms with E-state index in [0.29, 0.717) is 43.4 Å². The first-order valence-corrected chi connectivity index (χ1v) is 18.3. The molecule has 47 heavy (non-hydrogen) atoms. The monoisotopic (exact) mass is 658 g/mol. The fourth-order valence-electron chi connectivity index (χ4n) is 11.5. The number of carbonyl (C=O) groups is 4. The van der Waals surface area contributed by atoms with Gasteiger partial charge in [0.2, 0.25) is 6.10 Å². The van der Waals surface area contributed by atoms with Gasteiger partial charge in [-0.3, -0.25) is 14.4 Å². The molecule has 1 saturated heterocycles. The second kappa shape index (κ2) is 12.6. The number of aliphatic hydroxyl groups is 1. The van der Waals surface area contributed by atoms with Crippen molar-refractivity contribution in [3.63, 3.8) is 0 Å². The van der Waals surface area contributed by atoms with Crippen molar-refractivity contribution >= 4 is 23.9 Å². The Morgan fingerprint density at radius 3 is 2.09 bits per heavy atom. The molecular formula is C38H58O9. The summed E-state index contributed by atoms with van der Waals surface area (Å²) in [5.74, 6) is -0.116. The summed E-state index contributed by atoms with van der Waals surface area (Å²) in [7, 11) is 0. The van der Waals surface area contributed by atoms with Crippen LogP contribution in [-0.4, -0.2) is 59.0 Å². The molecular weight excluding hydrogens is 600 g/mol. The van der Waals surface area contributed by atoms with Gasteiger partial charge in [-0.15, -0.1) is 0 Å². The number of rotatable bonds is 11. The van der Waals surface area contributed by atoms with Gasteiger partial charge in [-0.2, -0.15) is 0 Å². The Labute approximate surface area is 280 Å². The predicted molar refractivity (Wildman–Crippen MR) is 172 cm³/mol. The highest BCUT2D eigenvalue weighted by Crippen LogP contribution is 2.60. The van der Waals surface area contributed by atoms with Crippen LogP contribution < -0.4 is 0 Å². The highest BCUT2D eigenvalue weighted by Gasteiger charge is 2.59. The summed E-state index contributed by atoms with van der Waals surface area (Å²) in [6, 6.07) is 0. The minimum absolute atomic E-state index is 0. The van der Waals surface area contributed by atoms with E-state index in [1.165, 1.54) is 6.42 Å². The van der Waals surface area contributed by atoms with E-state index in [2.05, 4.69) is 6.92 Å². The average Bonchev–Trinajstić information content (AvgIpc) is 3.39. The number of esters is 4. The van der Waals surface area contributed by atoms with Gasteiger partial charge in [-0.25, -0.2) is 4.79 Å². The van der Waals surface area contributed by atoms with Crippen molar-refractivity contribution < 1.29 is 43.2 Å². The summed E-state index contributed by atoms with van der Waals surface area (Å²) < 4.78 is 23.4. The second-order valence-electron chi connectivity index (χ2n) is 17.3. The fraction of sp³-hybridized carbons (Fsp3) is 0.895. The van der Waals surface area contributed by atoms with E-state index in [9.17, 15) is 24.3 Å². The van der Waals surface area contributed by atoms with Crippen LogP contribution in [0.4, 0.5) is 0 Å². The van der Waals surface area contributed by atoms with Crippen molar-refractivity contribution in [3.8, 4) is 0 Å². The Bertz CT molecular complexity index is 1200. The summed E-state index contributed by atoms with van der Waals surface area (Å²) in [6.07, 6.45) is 9.85. The van der Waals surface area contributed by atoms with Crippen LogP contribution in [0.15, 0.2) is 0 Å². The molecule has 0 aromatic heterocycles. The van der Waals surface area contributed by atoms with Gasteiger partial charge in [-0.05, 0) is 139 Å². The van der Waals surface area contributed by atoms with Gasteiger partial charge >= 0.3 is 23.9 Å². The Morgan fingerprint density at radius 2 is 1.55 bits per heavy atom. The van der Waals surface area contributed by atoms with Crippen molar-refractivity contribution in [1.82, 2.24) is 0 Å². The summed E-state index contributed by atoms with van der Waals surface area (Å²) >= 11 is 0. The maximum atomic E-state index is 14.1. The van der Waals surface area contributed by atoms with E-state index in [-0.39, 0.29) is 56.8 Å². The van der Waals surface area contributed by atoms with E-state index in [1.54, 1.807) is 6.92 Å². The van der Waals surface area contributed by atoms with Gasteiger partial charge in [0.1, 0.15) is 11.7 Å². The molecule has 0 radical (unpaired) electrons. The minimum Gasteiger partial charge on any atom is -0.463 e. The van der Waals surface area contributed by atoms with Crippen LogP contribution in [0.3, 0.4) is 0 Å². The molecule has 0 amide bonds. The van der Waals surface area contributed by atoms with Crippen LogP contribution in [0.5, 0.6) is 0 Å². The molecule has 0 aromatic rings. The van der Waals surface area contributed by atoms with Crippen molar-refractivity contribution in [2.45, 2.75) is 148 Å². The summed E-state index contributed by atoms with van der Waals surface area (Å²) in [5, 5.41) is 11.0. The number of cyclic esters (lactones) is 1. The number of carbonyl (C=O) groups excluding carboxylic acids is 4. The summed E-state index contributed by atoms with van der Waals surface area (Å²) in [6.45, 7) is 7.90. The number of hydrogen-bond donors (Lipinski definition) is 1. The Hall–Kier alpha value is -2.16. The molecule has 8 bridgehead atoms. The molecule has 9 aliphatic rings. The molecule has 1 N–H and O–H groups in total. The minimum atomic E-state index is -0.974. The predicted octanol–water partition coefficient (Wildman–Crippen LogP) is 6.17. The van der Waals surface area contributed by atoms with E-state index in [0.717, 1.165) is 56.8 Å². The van der Waals surface area contributed by atoms with Gasteiger partial charge in [0.25, 0.3) is 0 Å². The lowest BCUT2D eigenvalue weighted by Crippen LogP contribution is -2.59. The third-order valence-corrected chi connectivity index (χ3v) is 14.0. The molecule has 9 rings (SSSR count). The Kier molecular flexibility index (Phi) is 9.32. The first-order valence-electron chi connectivity index (χ1n) is 18.3. The quantitative estimate of drug-likeness (QED) is 0.205. The normalized spacial score (nSPS) is 43.3. The standard InChI is InChI=1S/C37H54O9.CH4/c1-5-35(3,34(41)46-36(4)27-12-21-9-22(14-27)15-28(36)13-21)17-26(32(39)44-29-6-7-43-33(29)40)8-20(2)31(38)45-30-24-10-23-11-25(30)19-37(42,16-23)18-24;/h20-30,42H,5-19H2,1-4H3;1H4. The average molecular weight is 659 g/mol. The molecule has 264 valence electrons. The molecule has 9 fully saturated rings. The van der Waals surface area contributed by atoms with Crippen molar-refractivity contribution in [1.29, 1.82) is 0 Å². The lowest BCUT2D eigenvalue weighted by atomic mass is 9.50. The fourth-order valence-corrected chi connectivity index (χ4v) is 11.5. The lowest BCUT2D eigenvalue weighted by Gasteiger charge is -2.59. The van der Waals surface area contributed by atoms with E-state index >= 15 is 0 Å². The van der Waals surface area contributed by atoms with Crippen LogP contribution >= 0.6 is 0 Å². The highest BCUT2D eigenvalue weighted by atomic mass is 16.6. The van der Waals surface area contributed by atoms with Crippen LogP contribution in [0.2, 0.25) is 0 Å². The molecule has 8 aliphatic carbocycles. The topological polar surface area (TPSA) is 125 Å². The van der Waals surface area contributed by atoms with Crippen LogP contribution in [0.25, 0.3) is 0 Å². The molecule has 9 heteroatoms. The van der Waals surface area contributed by atoms with Crippen molar-refractivity contribution in [2.75, 3.05) is 6.61 Å². The zero-order valence-corrected chi connectivity index (χ0v) is 28.2. The zero-order chi connectivity index (χ0) is 32.6. The van der Waals surface area contributed by atoms with Gasteiger partial charge in [0.15, 0.2) is 0 Å². The SMILES string of the molecule is C.CCC(C)(CC(CC(C)C(=O)OC1C2CC3CC1CC(O)(C3)C2)C(=O)OC1CCOC1=O)C(=O)OC1(C)C2CC3CC(C2)CC1C3. The molecule has 1 heterocycles. The third kappa shape index (κ3) is 6.36. The zero-order valence-electron chi connectivity index (χ0n) is 28.2. The number of hydrogen-bond acceptors (Lipinski definition) is 9. The second-order valence-corrected chi connectivity index (χ2v) is 17.3.